The van der Waals surface area contributed by atoms with Crippen molar-refractivity contribution in [1.29, 1.82) is 0 Å². The molecule has 128 valence electrons. The number of likely N-dealkylation sites (N-methyl/N-ethyl adjacent to an activating group) is 1. The van der Waals surface area contributed by atoms with Crippen LogP contribution in [-0.4, -0.2) is 67.4 Å². The van der Waals surface area contributed by atoms with E-state index >= 15 is 0 Å². The summed E-state index contributed by atoms with van der Waals surface area (Å²) in [5.74, 6) is 0.877. The molecule has 2 rings (SSSR count). The Kier molecular flexibility index (Phi) is 10.0. The molecule has 0 aromatic heterocycles. The molecule has 4 nitrogen and oxygen atoms in total. The smallest absolute Gasteiger partial charge is 0.122 e. The van der Waals surface area contributed by atoms with Crippen LogP contribution >= 0.6 is 0 Å². The number of aryl methyl sites for hydroxylation is 2. The fourth-order valence-electron chi connectivity index (χ4n) is 2.43. The number of halogens is 2. The van der Waals surface area contributed by atoms with Gasteiger partial charge in [0.2, 0.25) is 0 Å². The molecule has 1 aromatic rings. The van der Waals surface area contributed by atoms with E-state index in [1.807, 2.05) is 19.9 Å². The van der Waals surface area contributed by atoms with Crippen molar-refractivity contribution >= 4 is 0 Å². The quantitative estimate of drug-likeness (QED) is 0.580. The highest BCUT2D eigenvalue weighted by Gasteiger charge is 2.17. The third kappa shape index (κ3) is 6.71. The number of benzene rings is 1. The fourth-order valence-corrected chi connectivity index (χ4v) is 2.43. The van der Waals surface area contributed by atoms with Gasteiger partial charge in [0.1, 0.15) is 18.5 Å². The number of aliphatic hydroxyl groups excluding tert-OH is 1. The van der Waals surface area contributed by atoms with E-state index in [1.165, 1.54) is 5.56 Å². The van der Waals surface area contributed by atoms with Crippen molar-refractivity contribution in [2.45, 2.75) is 20.0 Å². The molecule has 1 atom stereocenters. The zero-order chi connectivity index (χ0) is 14.5. The molecular weight excluding hydrogens is 323 g/mol. The van der Waals surface area contributed by atoms with Gasteiger partial charge >= 0.3 is 0 Å². The third-order valence-electron chi connectivity index (χ3n) is 3.84. The van der Waals surface area contributed by atoms with Gasteiger partial charge in [-0.05, 0) is 38.1 Å². The van der Waals surface area contributed by atoms with E-state index in [0.29, 0.717) is 13.2 Å². The first-order valence-corrected chi connectivity index (χ1v) is 7.33. The molecule has 1 aliphatic heterocycles. The zero-order valence-electron chi connectivity index (χ0n) is 13.6. The van der Waals surface area contributed by atoms with Gasteiger partial charge in [0, 0.05) is 32.7 Å². The molecule has 1 saturated heterocycles. The molecule has 0 amide bonds. The molecule has 6 heteroatoms. The van der Waals surface area contributed by atoms with Crippen molar-refractivity contribution in [3.8, 4) is 5.75 Å². The lowest BCUT2D eigenvalue weighted by Crippen LogP contribution is -3.00. The highest BCUT2D eigenvalue weighted by Crippen LogP contribution is 2.19. The summed E-state index contributed by atoms with van der Waals surface area (Å²) in [5.41, 5.74) is 2.29. The molecule has 22 heavy (non-hydrogen) atoms. The third-order valence-corrected chi connectivity index (χ3v) is 3.84. The first kappa shape index (κ1) is 21.5. The summed E-state index contributed by atoms with van der Waals surface area (Å²) in [6.45, 7) is 9.33. The maximum absolute atomic E-state index is 10.1. The average molecular weight is 349 g/mol. The number of aliphatic hydroxyl groups is 1. The maximum atomic E-state index is 10.1. The lowest BCUT2D eigenvalue weighted by molar-refractivity contribution is -0.001000. The molecule has 0 saturated carbocycles. The monoisotopic (exact) mass is 348 g/mol. The predicted octanol–water partition coefficient (Wildman–Crippen LogP) is -4.70. The van der Waals surface area contributed by atoms with Crippen molar-refractivity contribution in [1.82, 2.24) is 9.80 Å². The topological polar surface area (TPSA) is 35.9 Å². The molecule has 1 N–H and O–H groups in total. The second-order valence-electron chi connectivity index (χ2n) is 5.84. The Labute approximate surface area is 146 Å². The minimum Gasteiger partial charge on any atom is -1.00 e. The van der Waals surface area contributed by atoms with Gasteiger partial charge in [0.25, 0.3) is 0 Å². The number of rotatable bonds is 5. The Morgan fingerprint density at radius 1 is 1.14 bits per heavy atom. The molecule has 0 spiro atoms. The van der Waals surface area contributed by atoms with Gasteiger partial charge in [-0.1, -0.05) is 12.1 Å². The van der Waals surface area contributed by atoms with Crippen molar-refractivity contribution in [2.75, 3.05) is 46.4 Å². The lowest BCUT2D eigenvalue weighted by Gasteiger charge is -2.33. The second-order valence-corrected chi connectivity index (χ2v) is 5.84. The van der Waals surface area contributed by atoms with Gasteiger partial charge in [-0.25, -0.2) is 0 Å². The Bertz CT molecular complexity index is 438. The largest absolute Gasteiger partial charge is 1.00 e. The Morgan fingerprint density at radius 2 is 1.77 bits per heavy atom. The summed E-state index contributed by atoms with van der Waals surface area (Å²) in [4.78, 5) is 4.62. The summed E-state index contributed by atoms with van der Waals surface area (Å²) in [5, 5.41) is 10.1. The van der Waals surface area contributed by atoms with Gasteiger partial charge in [-0.3, -0.25) is 4.90 Å². The van der Waals surface area contributed by atoms with Gasteiger partial charge in [0.15, 0.2) is 0 Å². The van der Waals surface area contributed by atoms with Crippen LogP contribution in [0.4, 0.5) is 0 Å². The normalized spacial score (nSPS) is 17.3. The van der Waals surface area contributed by atoms with E-state index in [4.69, 9.17) is 4.74 Å². The van der Waals surface area contributed by atoms with E-state index in [1.54, 1.807) is 0 Å². The van der Waals surface area contributed by atoms with Crippen LogP contribution in [0.2, 0.25) is 0 Å². The number of β-amino-alcohol motifs (C(OH)–C–C–N with tert-alkyl or cyclic N) is 1. The van der Waals surface area contributed by atoms with Crippen LogP contribution in [0.1, 0.15) is 11.1 Å². The molecule has 1 aromatic carbocycles. The van der Waals surface area contributed by atoms with Crippen molar-refractivity contribution < 1.29 is 34.7 Å². The van der Waals surface area contributed by atoms with Crippen LogP contribution in [0.5, 0.6) is 5.75 Å². The van der Waals surface area contributed by atoms with Crippen LogP contribution < -0.4 is 29.6 Å². The number of nitrogens with zero attached hydrogens (tertiary/aromatic N) is 2. The maximum Gasteiger partial charge on any atom is 0.122 e. The van der Waals surface area contributed by atoms with Gasteiger partial charge in [-0.2, -0.15) is 0 Å². The first-order chi connectivity index (χ1) is 9.54. The predicted molar refractivity (Wildman–Crippen MR) is 81.4 cm³/mol. The number of hydrogen-bond acceptors (Lipinski definition) is 4. The summed E-state index contributed by atoms with van der Waals surface area (Å²) in [6.07, 6.45) is -0.432. The Hall–Kier alpha value is -0.520. The number of ether oxygens (including phenoxy) is 1. The van der Waals surface area contributed by atoms with Gasteiger partial charge in [-0.15, -0.1) is 0 Å². The average Bonchev–Trinajstić information content (AvgIpc) is 2.42. The molecule has 0 radical (unpaired) electrons. The highest BCUT2D eigenvalue weighted by molar-refractivity contribution is 5.35. The van der Waals surface area contributed by atoms with Crippen molar-refractivity contribution in [2.24, 2.45) is 0 Å². The molecular formula is C16H26Cl2N2O2-2. The molecule has 0 bridgehead atoms. The van der Waals surface area contributed by atoms with Crippen molar-refractivity contribution in [3.63, 3.8) is 0 Å². The van der Waals surface area contributed by atoms with Crippen LogP contribution in [0.15, 0.2) is 18.2 Å². The van der Waals surface area contributed by atoms with E-state index in [-0.39, 0.29) is 24.8 Å². The minimum absolute atomic E-state index is 0. The van der Waals surface area contributed by atoms with Crippen molar-refractivity contribution in [3.05, 3.63) is 29.3 Å². The Balaban J connectivity index is 0.00000220. The molecule has 1 fully saturated rings. The van der Waals surface area contributed by atoms with Crippen LogP contribution in [-0.2, 0) is 0 Å². The standard InChI is InChI=1S/C16H26N2O2.2ClH/c1-13-4-5-14(2)16(10-13)20-12-15(19)11-18-8-6-17(3)7-9-18;;/h4-5,10,15,19H,6-9,11-12H2,1-3H3;2*1H/p-2. The van der Waals surface area contributed by atoms with Crippen LogP contribution in [0.3, 0.4) is 0 Å². The Morgan fingerprint density at radius 3 is 2.41 bits per heavy atom. The fraction of sp³-hybridized carbons (Fsp3) is 0.625. The molecule has 1 aliphatic rings. The lowest BCUT2D eigenvalue weighted by atomic mass is 10.1. The van der Waals surface area contributed by atoms with E-state index in [2.05, 4.69) is 29.0 Å². The van der Waals surface area contributed by atoms with E-state index in [0.717, 1.165) is 37.5 Å². The van der Waals surface area contributed by atoms with Gasteiger partial charge < -0.3 is 39.6 Å². The molecule has 0 aliphatic carbocycles. The number of hydrogen-bond donors (Lipinski definition) is 1. The number of piperazine rings is 1. The van der Waals surface area contributed by atoms with Crippen LogP contribution in [0, 0.1) is 13.8 Å². The highest BCUT2D eigenvalue weighted by atomic mass is 35.5. The SMILES string of the molecule is Cc1ccc(C)c(OCC(O)CN2CCN(C)CC2)c1.[Cl-].[Cl-]. The zero-order valence-corrected chi connectivity index (χ0v) is 15.1. The van der Waals surface area contributed by atoms with Crippen LogP contribution in [0.25, 0.3) is 0 Å². The summed E-state index contributed by atoms with van der Waals surface area (Å²) in [7, 11) is 2.14. The van der Waals surface area contributed by atoms with E-state index < -0.39 is 6.10 Å². The van der Waals surface area contributed by atoms with E-state index in [9.17, 15) is 5.11 Å². The molecule has 1 heterocycles. The summed E-state index contributed by atoms with van der Waals surface area (Å²) < 4.78 is 5.75. The summed E-state index contributed by atoms with van der Waals surface area (Å²) in [6, 6.07) is 6.15. The molecule has 1 unspecified atom stereocenters. The second kappa shape index (κ2) is 10.3. The van der Waals surface area contributed by atoms with Gasteiger partial charge in [0.05, 0.1) is 0 Å². The first-order valence-electron chi connectivity index (χ1n) is 7.33. The summed E-state index contributed by atoms with van der Waals surface area (Å²) >= 11 is 0. The minimum atomic E-state index is -0.432.